The number of ether oxygens (including phenoxy) is 1. The third-order valence-corrected chi connectivity index (χ3v) is 3.64. The first-order valence-electron chi connectivity index (χ1n) is 7.13. The molecule has 0 aliphatic carbocycles. The van der Waals surface area contributed by atoms with Gasteiger partial charge in [-0.15, -0.1) is 6.42 Å². The lowest BCUT2D eigenvalue weighted by atomic mass is 9.82. The van der Waals surface area contributed by atoms with Crippen LogP contribution in [-0.4, -0.2) is 17.5 Å². The standard InChI is InChI=1S/C17H14N4O4/c1-3-7-25-17(22)14-10(2)20-16(19)13(9-18)15(14)11-5-4-6-12(8-11)21(23)24/h1,4-6,8,15,20H,7,19H2,2H3. The number of dihydropyridines is 1. The van der Waals surface area contributed by atoms with Crippen LogP contribution in [0.1, 0.15) is 18.4 Å². The van der Waals surface area contributed by atoms with Crippen molar-refractivity contribution in [2.24, 2.45) is 5.73 Å². The number of nitriles is 1. The Morgan fingerprint density at radius 2 is 2.28 bits per heavy atom. The number of nitro groups is 1. The van der Waals surface area contributed by atoms with Crippen molar-refractivity contribution in [3.63, 3.8) is 0 Å². The lowest BCUT2D eigenvalue weighted by molar-refractivity contribution is -0.384. The van der Waals surface area contributed by atoms with Crippen LogP contribution in [-0.2, 0) is 9.53 Å². The summed E-state index contributed by atoms with van der Waals surface area (Å²) >= 11 is 0. The summed E-state index contributed by atoms with van der Waals surface area (Å²) in [6, 6.07) is 7.61. The molecule has 0 aromatic heterocycles. The molecule has 25 heavy (non-hydrogen) atoms. The van der Waals surface area contributed by atoms with Crippen LogP contribution in [0, 0.1) is 33.8 Å². The van der Waals surface area contributed by atoms with Crippen LogP contribution >= 0.6 is 0 Å². The van der Waals surface area contributed by atoms with Crippen LogP contribution < -0.4 is 11.1 Å². The molecule has 3 N–H and O–H groups in total. The van der Waals surface area contributed by atoms with Gasteiger partial charge in [0.2, 0.25) is 0 Å². The molecule has 1 unspecified atom stereocenters. The number of non-ortho nitro benzene ring substituents is 1. The Kier molecular flexibility index (Phi) is 5.06. The van der Waals surface area contributed by atoms with Crippen LogP contribution in [0.25, 0.3) is 0 Å². The molecule has 0 fully saturated rings. The zero-order valence-corrected chi connectivity index (χ0v) is 13.3. The fourth-order valence-electron chi connectivity index (χ4n) is 2.58. The predicted octanol–water partition coefficient (Wildman–Crippen LogP) is 1.43. The topological polar surface area (TPSA) is 131 Å². The molecular weight excluding hydrogens is 324 g/mol. The summed E-state index contributed by atoms with van der Waals surface area (Å²) in [6.45, 7) is 1.36. The van der Waals surface area contributed by atoms with Gasteiger partial charge in [0.1, 0.15) is 5.82 Å². The first-order chi connectivity index (χ1) is 11.9. The van der Waals surface area contributed by atoms with E-state index in [0.29, 0.717) is 11.3 Å². The molecular formula is C17H14N4O4. The van der Waals surface area contributed by atoms with E-state index in [4.69, 9.17) is 16.9 Å². The fourth-order valence-corrected chi connectivity index (χ4v) is 2.58. The highest BCUT2D eigenvalue weighted by Gasteiger charge is 2.35. The van der Waals surface area contributed by atoms with Crippen molar-refractivity contribution in [3.05, 3.63) is 62.6 Å². The van der Waals surface area contributed by atoms with Gasteiger partial charge in [-0.1, -0.05) is 18.1 Å². The van der Waals surface area contributed by atoms with E-state index >= 15 is 0 Å². The molecule has 1 aliphatic heterocycles. The van der Waals surface area contributed by atoms with E-state index < -0.39 is 16.8 Å². The maximum Gasteiger partial charge on any atom is 0.337 e. The number of carbonyl (C=O) groups excluding carboxylic acids is 1. The number of hydrogen-bond acceptors (Lipinski definition) is 7. The van der Waals surface area contributed by atoms with Crippen LogP contribution in [0.2, 0.25) is 0 Å². The molecule has 0 amide bonds. The van der Waals surface area contributed by atoms with E-state index in [2.05, 4.69) is 11.2 Å². The highest BCUT2D eigenvalue weighted by Crippen LogP contribution is 2.38. The van der Waals surface area contributed by atoms with Gasteiger partial charge in [0.25, 0.3) is 5.69 Å². The second-order valence-corrected chi connectivity index (χ2v) is 5.17. The maximum absolute atomic E-state index is 12.4. The van der Waals surface area contributed by atoms with Gasteiger partial charge in [0.15, 0.2) is 6.61 Å². The SMILES string of the molecule is C#CCOC(=O)C1=C(C)NC(N)=C(C#N)C1c1cccc([N+](=O)[O-])c1. The number of benzene rings is 1. The molecule has 8 heteroatoms. The molecule has 1 heterocycles. The van der Waals surface area contributed by atoms with E-state index in [0.717, 1.165) is 0 Å². The lowest BCUT2D eigenvalue weighted by Gasteiger charge is -2.27. The fraction of sp³-hybridized carbons (Fsp3) is 0.176. The van der Waals surface area contributed by atoms with Gasteiger partial charge in [0, 0.05) is 17.8 Å². The van der Waals surface area contributed by atoms with E-state index in [1.54, 1.807) is 13.0 Å². The zero-order chi connectivity index (χ0) is 18.6. The number of hydrogen-bond donors (Lipinski definition) is 2. The number of rotatable bonds is 4. The Balaban J connectivity index is 2.61. The van der Waals surface area contributed by atoms with Crippen LogP contribution in [0.5, 0.6) is 0 Å². The first kappa shape index (κ1) is 17.6. The van der Waals surface area contributed by atoms with Crippen molar-refractivity contribution in [2.75, 3.05) is 6.61 Å². The number of esters is 1. The van der Waals surface area contributed by atoms with Crippen molar-refractivity contribution in [3.8, 4) is 18.4 Å². The van der Waals surface area contributed by atoms with E-state index in [1.165, 1.54) is 18.2 Å². The molecule has 1 aromatic carbocycles. The average Bonchev–Trinajstić information content (AvgIpc) is 2.59. The largest absolute Gasteiger partial charge is 0.449 e. The lowest BCUT2D eigenvalue weighted by Crippen LogP contribution is -2.32. The summed E-state index contributed by atoms with van der Waals surface area (Å²) in [7, 11) is 0. The molecule has 0 saturated heterocycles. The van der Waals surface area contributed by atoms with Gasteiger partial charge in [-0.05, 0) is 12.5 Å². The van der Waals surface area contributed by atoms with Crippen molar-refractivity contribution in [2.45, 2.75) is 12.8 Å². The zero-order valence-electron chi connectivity index (χ0n) is 13.3. The Morgan fingerprint density at radius 3 is 2.88 bits per heavy atom. The summed E-state index contributed by atoms with van der Waals surface area (Å²) in [5.74, 6) is 0.647. The summed E-state index contributed by atoms with van der Waals surface area (Å²) in [6.07, 6.45) is 5.10. The molecule has 8 nitrogen and oxygen atoms in total. The number of nitrogens with zero attached hydrogens (tertiary/aromatic N) is 2. The Morgan fingerprint density at radius 1 is 1.56 bits per heavy atom. The van der Waals surface area contributed by atoms with Crippen LogP contribution in [0.3, 0.4) is 0 Å². The predicted molar refractivity (Wildman–Crippen MR) is 88.3 cm³/mol. The summed E-state index contributed by atoms with van der Waals surface area (Å²) < 4.78 is 4.98. The van der Waals surface area contributed by atoms with Crippen molar-refractivity contribution >= 4 is 11.7 Å². The second-order valence-electron chi connectivity index (χ2n) is 5.17. The summed E-state index contributed by atoms with van der Waals surface area (Å²) in [5.41, 5.74) is 6.65. The Hall–Kier alpha value is -3.78. The highest BCUT2D eigenvalue weighted by atomic mass is 16.6. The van der Waals surface area contributed by atoms with Crippen LogP contribution in [0.4, 0.5) is 5.69 Å². The number of nitrogens with two attached hydrogens (primary N) is 1. The van der Waals surface area contributed by atoms with Crippen molar-refractivity contribution in [1.29, 1.82) is 5.26 Å². The number of nitro benzene ring substituents is 1. The Bertz CT molecular complexity index is 887. The molecule has 0 bridgehead atoms. The van der Waals surface area contributed by atoms with Crippen molar-refractivity contribution in [1.82, 2.24) is 5.32 Å². The molecule has 1 aliphatic rings. The quantitative estimate of drug-likeness (QED) is 0.367. The summed E-state index contributed by atoms with van der Waals surface area (Å²) in [4.78, 5) is 22.9. The first-order valence-corrected chi connectivity index (χ1v) is 7.13. The molecule has 0 saturated carbocycles. The molecule has 1 aromatic rings. The summed E-state index contributed by atoms with van der Waals surface area (Å²) in [5, 5.41) is 23.3. The normalized spacial score (nSPS) is 16.5. The Labute approximate surface area is 143 Å². The molecule has 0 radical (unpaired) electrons. The van der Waals surface area contributed by atoms with Crippen LogP contribution in [0.15, 0.2) is 46.9 Å². The van der Waals surface area contributed by atoms with Crippen molar-refractivity contribution < 1.29 is 14.5 Å². The molecule has 2 rings (SSSR count). The number of carbonyl (C=O) groups is 1. The minimum atomic E-state index is -0.892. The van der Waals surface area contributed by atoms with Gasteiger partial charge < -0.3 is 15.8 Å². The average molecular weight is 338 g/mol. The molecule has 1 atom stereocenters. The smallest absolute Gasteiger partial charge is 0.337 e. The third-order valence-electron chi connectivity index (χ3n) is 3.64. The monoisotopic (exact) mass is 338 g/mol. The minimum Gasteiger partial charge on any atom is -0.449 e. The third kappa shape index (κ3) is 3.43. The number of terminal acetylenes is 1. The highest BCUT2D eigenvalue weighted by molar-refractivity contribution is 5.93. The number of allylic oxidation sites excluding steroid dienone is 2. The second kappa shape index (κ2) is 7.20. The number of nitrogens with one attached hydrogen (secondary N) is 1. The van der Waals surface area contributed by atoms with Gasteiger partial charge in [-0.3, -0.25) is 10.1 Å². The maximum atomic E-state index is 12.4. The van der Waals surface area contributed by atoms with E-state index in [9.17, 15) is 20.2 Å². The van der Waals surface area contributed by atoms with Gasteiger partial charge in [-0.25, -0.2) is 4.79 Å². The van der Waals surface area contributed by atoms with Gasteiger partial charge in [-0.2, -0.15) is 5.26 Å². The van der Waals surface area contributed by atoms with E-state index in [-0.39, 0.29) is 29.3 Å². The van der Waals surface area contributed by atoms with Gasteiger partial charge >= 0.3 is 5.97 Å². The van der Waals surface area contributed by atoms with E-state index in [1.807, 2.05) is 6.07 Å². The van der Waals surface area contributed by atoms with Gasteiger partial charge in [0.05, 0.1) is 28.1 Å². The molecule has 0 spiro atoms. The minimum absolute atomic E-state index is 0.0683. The molecule has 126 valence electrons.